The molecule has 2 aliphatic heterocycles. The van der Waals surface area contributed by atoms with E-state index < -0.39 is 0 Å². The van der Waals surface area contributed by atoms with E-state index >= 15 is 0 Å². The van der Waals surface area contributed by atoms with Gasteiger partial charge in [-0.25, -0.2) is 4.79 Å². The SMILES string of the molecule is O=C1NCCN1c1cccc(-c2noc(C3CC4(CCNCC4)C3)n2)c1. The highest BCUT2D eigenvalue weighted by Gasteiger charge is 2.47. The highest BCUT2D eigenvalue weighted by Crippen LogP contribution is 2.55. The monoisotopic (exact) mass is 353 g/mol. The second-order valence-electron chi connectivity index (χ2n) is 7.75. The van der Waals surface area contributed by atoms with Crippen LogP contribution in [0.15, 0.2) is 28.8 Å². The topological polar surface area (TPSA) is 83.3 Å². The van der Waals surface area contributed by atoms with Gasteiger partial charge in [-0.05, 0) is 56.3 Å². The van der Waals surface area contributed by atoms with Crippen molar-refractivity contribution in [1.29, 1.82) is 0 Å². The Kier molecular flexibility index (Phi) is 3.70. The summed E-state index contributed by atoms with van der Waals surface area (Å²) in [4.78, 5) is 18.3. The second kappa shape index (κ2) is 6.09. The van der Waals surface area contributed by atoms with Crippen molar-refractivity contribution in [3.8, 4) is 11.4 Å². The zero-order valence-electron chi connectivity index (χ0n) is 14.7. The molecule has 2 amide bonds. The van der Waals surface area contributed by atoms with Crippen LogP contribution in [0, 0.1) is 5.41 Å². The highest BCUT2D eigenvalue weighted by molar-refractivity contribution is 5.94. The normalized spacial score (nSPS) is 22.5. The van der Waals surface area contributed by atoms with Crippen molar-refractivity contribution in [3.63, 3.8) is 0 Å². The number of piperidine rings is 1. The van der Waals surface area contributed by atoms with Gasteiger partial charge in [-0.2, -0.15) is 4.98 Å². The first-order valence-corrected chi connectivity index (χ1v) is 9.43. The summed E-state index contributed by atoms with van der Waals surface area (Å²) >= 11 is 0. The molecule has 1 spiro atoms. The largest absolute Gasteiger partial charge is 0.339 e. The van der Waals surface area contributed by atoms with Gasteiger partial charge in [-0.1, -0.05) is 17.3 Å². The molecule has 26 heavy (non-hydrogen) atoms. The number of rotatable bonds is 3. The van der Waals surface area contributed by atoms with Crippen molar-refractivity contribution in [2.45, 2.75) is 31.6 Å². The Bertz CT molecular complexity index is 819. The molecule has 5 rings (SSSR count). The van der Waals surface area contributed by atoms with Crippen molar-refractivity contribution in [2.75, 3.05) is 31.1 Å². The van der Waals surface area contributed by atoms with E-state index in [0.29, 0.717) is 30.2 Å². The van der Waals surface area contributed by atoms with E-state index in [1.165, 1.54) is 12.8 Å². The van der Waals surface area contributed by atoms with E-state index in [0.717, 1.165) is 43.1 Å². The van der Waals surface area contributed by atoms with Gasteiger partial charge in [0.2, 0.25) is 11.7 Å². The maximum atomic E-state index is 11.9. The standard InChI is InChI=1S/C19H23N5O2/c25-18-21-8-9-24(18)15-3-1-2-13(10-15)16-22-17(26-23-16)14-11-19(12-14)4-6-20-7-5-19/h1-3,10,14,20H,4-9,11-12H2,(H,21,25). The number of hydrogen-bond donors (Lipinski definition) is 2. The van der Waals surface area contributed by atoms with E-state index in [-0.39, 0.29) is 6.03 Å². The zero-order valence-corrected chi connectivity index (χ0v) is 14.7. The molecule has 0 radical (unpaired) electrons. The quantitative estimate of drug-likeness (QED) is 0.886. The molecule has 2 saturated heterocycles. The molecule has 3 fully saturated rings. The maximum Gasteiger partial charge on any atom is 0.321 e. The van der Waals surface area contributed by atoms with Crippen LogP contribution in [0.25, 0.3) is 11.4 Å². The van der Waals surface area contributed by atoms with E-state index in [9.17, 15) is 4.79 Å². The van der Waals surface area contributed by atoms with E-state index in [4.69, 9.17) is 4.52 Å². The summed E-state index contributed by atoms with van der Waals surface area (Å²) in [6, 6.07) is 7.72. The number of amides is 2. The average Bonchev–Trinajstić information content (AvgIpc) is 3.29. The van der Waals surface area contributed by atoms with Crippen molar-refractivity contribution in [3.05, 3.63) is 30.2 Å². The highest BCUT2D eigenvalue weighted by atomic mass is 16.5. The van der Waals surface area contributed by atoms with Crippen LogP contribution in [0.5, 0.6) is 0 Å². The van der Waals surface area contributed by atoms with Crippen molar-refractivity contribution in [2.24, 2.45) is 5.41 Å². The van der Waals surface area contributed by atoms with Gasteiger partial charge >= 0.3 is 6.03 Å². The molecule has 0 unspecified atom stereocenters. The van der Waals surface area contributed by atoms with E-state index in [1.54, 1.807) is 4.90 Å². The Morgan fingerprint density at radius 2 is 2.04 bits per heavy atom. The Hall–Kier alpha value is -2.41. The number of benzene rings is 1. The van der Waals surface area contributed by atoms with Crippen molar-refractivity contribution < 1.29 is 9.32 Å². The van der Waals surface area contributed by atoms with Gasteiger partial charge in [0.1, 0.15) is 0 Å². The van der Waals surface area contributed by atoms with Crippen LogP contribution in [-0.2, 0) is 0 Å². The molecule has 0 atom stereocenters. The molecular weight excluding hydrogens is 330 g/mol. The summed E-state index contributed by atoms with van der Waals surface area (Å²) in [5.74, 6) is 1.75. The maximum absolute atomic E-state index is 11.9. The van der Waals surface area contributed by atoms with Gasteiger partial charge in [-0.3, -0.25) is 4.90 Å². The molecule has 1 aromatic heterocycles. The van der Waals surface area contributed by atoms with Crippen LogP contribution in [0.3, 0.4) is 0 Å². The van der Waals surface area contributed by atoms with Gasteiger partial charge in [0.15, 0.2) is 0 Å². The summed E-state index contributed by atoms with van der Waals surface area (Å²) in [6.07, 6.45) is 4.82. The number of urea groups is 1. The first-order chi connectivity index (χ1) is 12.7. The van der Waals surface area contributed by atoms with E-state index in [2.05, 4.69) is 20.8 Å². The third-order valence-electron chi connectivity index (χ3n) is 6.09. The number of nitrogens with zero attached hydrogens (tertiary/aromatic N) is 3. The van der Waals surface area contributed by atoms with Crippen LogP contribution in [0.2, 0.25) is 0 Å². The third kappa shape index (κ3) is 2.67. The summed E-state index contributed by atoms with van der Waals surface area (Å²) < 4.78 is 5.57. The third-order valence-corrected chi connectivity index (χ3v) is 6.09. The first kappa shape index (κ1) is 15.8. The van der Waals surface area contributed by atoms with Crippen LogP contribution in [0.1, 0.15) is 37.5 Å². The Labute approximate surface area is 152 Å². The molecule has 1 aromatic carbocycles. The van der Waals surface area contributed by atoms with Gasteiger partial charge in [0, 0.05) is 30.3 Å². The minimum absolute atomic E-state index is 0.0577. The van der Waals surface area contributed by atoms with Gasteiger partial charge in [0.25, 0.3) is 0 Å². The molecular formula is C19H23N5O2. The number of carbonyl (C=O) groups excluding carboxylic acids is 1. The molecule has 1 saturated carbocycles. The summed E-state index contributed by atoms with van der Waals surface area (Å²) in [6.45, 7) is 3.60. The molecule has 136 valence electrons. The van der Waals surface area contributed by atoms with Gasteiger partial charge in [-0.15, -0.1) is 0 Å². The number of nitrogens with one attached hydrogen (secondary N) is 2. The number of carbonyl (C=O) groups is 1. The van der Waals surface area contributed by atoms with Crippen LogP contribution < -0.4 is 15.5 Å². The number of anilines is 1. The first-order valence-electron chi connectivity index (χ1n) is 9.43. The Morgan fingerprint density at radius 3 is 2.81 bits per heavy atom. The molecule has 2 aromatic rings. The second-order valence-corrected chi connectivity index (χ2v) is 7.75. The number of aromatic nitrogens is 2. The predicted octanol–water partition coefficient (Wildman–Crippen LogP) is 2.51. The number of hydrogen-bond acceptors (Lipinski definition) is 5. The molecule has 7 heteroatoms. The molecule has 0 bridgehead atoms. The zero-order chi connectivity index (χ0) is 17.6. The van der Waals surface area contributed by atoms with Crippen LogP contribution in [0.4, 0.5) is 10.5 Å². The average molecular weight is 353 g/mol. The molecule has 7 nitrogen and oxygen atoms in total. The minimum Gasteiger partial charge on any atom is -0.339 e. The molecule has 1 aliphatic carbocycles. The lowest BCUT2D eigenvalue weighted by atomic mass is 9.58. The summed E-state index contributed by atoms with van der Waals surface area (Å²) in [5.41, 5.74) is 2.24. The van der Waals surface area contributed by atoms with Crippen LogP contribution in [-0.4, -0.2) is 42.4 Å². The molecule has 3 heterocycles. The minimum atomic E-state index is -0.0577. The lowest BCUT2D eigenvalue weighted by Crippen LogP contribution is -2.44. The van der Waals surface area contributed by atoms with Gasteiger partial charge in [0.05, 0.1) is 0 Å². The smallest absolute Gasteiger partial charge is 0.321 e. The van der Waals surface area contributed by atoms with Gasteiger partial charge < -0.3 is 15.2 Å². The molecule has 3 aliphatic rings. The molecule has 2 N–H and O–H groups in total. The van der Waals surface area contributed by atoms with Crippen molar-refractivity contribution in [1.82, 2.24) is 20.8 Å². The van der Waals surface area contributed by atoms with Crippen molar-refractivity contribution >= 4 is 11.7 Å². The summed E-state index contributed by atoms with van der Waals surface area (Å²) in [5, 5.41) is 10.5. The van der Waals surface area contributed by atoms with Crippen LogP contribution >= 0.6 is 0 Å². The summed E-state index contributed by atoms with van der Waals surface area (Å²) in [7, 11) is 0. The Balaban J connectivity index is 1.32. The lowest BCUT2D eigenvalue weighted by Gasteiger charge is -2.49. The fourth-order valence-electron chi connectivity index (χ4n) is 4.57. The lowest BCUT2D eigenvalue weighted by molar-refractivity contribution is 0.0461. The van der Waals surface area contributed by atoms with E-state index in [1.807, 2.05) is 24.3 Å². The fraction of sp³-hybridized carbons (Fsp3) is 0.526. The fourth-order valence-corrected chi connectivity index (χ4v) is 4.57. The predicted molar refractivity (Wildman–Crippen MR) is 97.0 cm³/mol. The Morgan fingerprint density at radius 1 is 1.19 bits per heavy atom.